The standard InChI is InChI=1S/C17H22N2O/c1-4-20-17-7-5-15(6-8-17)14(3)19-12-16-9-10-18-11-13(16)2/h5-11,14,19H,4,12H2,1-3H3. The molecule has 0 aliphatic heterocycles. The zero-order chi connectivity index (χ0) is 14.4. The molecule has 1 aromatic heterocycles. The molecule has 3 nitrogen and oxygen atoms in total. The molecule has 2 rings (SSSR count). The Kier molecular flexibility index (Phi) is 5.13. The van der Waals surface area contributed by atoms with Gasteiger partial charge in [0, 0.05) is 25.0 Å². The molecule has 1 atom stereocenters. The van der Waals surface area contributed by atoms with Gasteiger partial charge in [0.15, 0.2) is 0 Å². The van der Waals surface area contributed by atoms with Crippen LogP contribution in [0.5, 0.6) is 5.75 Å². The Morgan fingerprint density at radius 1 is 1.20 bits per heavy atom. The molecule has 1 aromatic carbocycles. The van der Waals surface area contributed by atoms with Gasteiger partial charge >= 0.3 is 0 Å². The summed E-state index contributed by atoms with van der Waals surface area (Å²) in [7, 11) is 0. The lowest BCUT2D eigenvalue weighted by Gasteiger charge is -2.15. The summed E-state index contributed by atoms with van der Waals surface area (Å²) in [5.74, 6) is 0.924. The Morgan fingerprint density at radius 3 is 2.60 bits per heavy atom. The number of rotatable bonds is 6. The molecule has 1 unspecified atom stereocenters. The van der Waals surface area contributed by atoms with E-state index in [-0.39, 0.29) is 0 Å². The first-order valence-corrected chi connectivity index (χ1v) is 7.06. The first-order chi connectivity index (χ1) is 9.70. The van der Waals surface area contributed by atoms with Gasteiger partial charge in [-0.05, 0) is 55.7 Å². The summed E-state index contributed by atoms with van der Waals surface area (Å²) in [5, 5.41) is 3.54. The zero-order valence-electron chi connectivity index (χ0n) is 12.4. The second kappa shape index (κ2) is 7.06. The number of pyridine rings is 1. The van der Waals surface area contributed by atoms with Crippen molar-refractivity contribution in [3.8, 4) is 5.75 Å². The molecule has 0 saturated carbocycles. The zero-order valence-corrected chi connectivity index (χ0v) is 12.4. The van der Waals surface area contributed by atoms with Crippen molar-refractivity contribution in [2.75, 3.05) is 6.61 Å². The fourth-order valence-corrected chi connectivity index (χ4v) is 2.10. The van der Waals surface area contributed by atoms with Gasteiger partial charge in [-0.25, -0.2) is 0 Å². The van der Waals surface area contributed by atoms with Gasteiger partial charge in [-0.3, -0.25) is 4.98 Å². The van der Waals surface area contributed by atoms with Crippen molar-refractivity contribution in [2.45, 2.75) is 33.4 Å². The van der Waals surface area contributed by atoms with E-state index in [9.17, 15) is 0 Å². The first-order valence-electron chi connectivity index (χ1n) is 7.06. The highest BCUT2D eigenvalue weighted by Gasteiger charge is 2.06. The first kappa shape index (κ1) is 14.5. The highest BCUT2D eigenvalue weighted by molar-refractivity contribution is 5.29. The smallest absolute Gasteiger partial charge is 0.119 e. The van der Waals surface area contributed by atoms with Crippen molar-refractivity contribution in [3.05, 3.63) is 59.4 Å². The van der Waals surface area contributed by atoms with Gasteiger partial charge in [-0.2, -0.15) is 0 Å². The number of nitrogens with one attached hydrogen (secondary N) is 1. The number of hydrogen-bond donors (Lipinski definition) is 1. The third kappa shape index (κ3) is 3.81. The number of aromatic nitrogens is 1. The lowest BCUT2D eigenvalue weighted by atomic mass is 10.1. The van der Waals surface area contributed by atoms with Crippen molar-refractivity contribution in [2.24, 2.45) is 0 Å². The summed E-state index contributed by atoms with van der Waals surface area (Å²) in [6, 6.07) is 10.6. The minimum Gasteiger partial charge on any atom is -0.494 e. The van der Waals surface area contributed by atoms with Crippen LogP contribution in [0.3, 0.4) is 0 Å². The molecule has 0 fully saturated rings. The molecule has 0 bridgehead atoms. The lowest BCUT2D eigenvalue weighted by Crippen LogP contribution is -2.18. The maximum atomic E-state index is 5.46. The Labute approximate surface area is 121 Å². The number of nitrogens with zero attached hydrogens (tertiary/aromatic N) is 1. The average molecular weight is 270 g/mol. The molecule has 2 aromatic rings. The number of benzene rings is 1. The predicted octanol–water partition coefficient (Wildman–Crippen LogP) is 3.64. The highest BCUT2D eigenvalue weighted by Crippen LogP contribution is 2.18. The van der Waals surface area contributed by atoms with E-state index in [1.807, 2.05) is 31.5 Å². The number of ether oxygens (including phenoxy) is 1. The van der Waals surface area contributed by atoms with Crippen LogP contribution in [0.4, 0.5) is 0 Å². The largest absolute Gasteiger partial charge is 0.494 e. The van der Waals surface area contributed by atoms with Crippen molar-refractivity contribution >= 4 is 0 Å². The monoisotopic (exact) mass is 270 g/mol. The molecule has 0 saturated heterocycles. The summed E-state index contributed by atoms with van der Waals surface area (Å²) < 4.78 is 5.46. The molecule has 1 heterocycles. The van der Waals surface area contributed by atoms with E-state index in [0.717, 1.165) is 12.3 Å². The van der Waals surface area contributed by atoms with Crippen LogP contribution < -0.4 is 10.1 Å². The molecule has 0 amide bonds. The molecular formula is C17H22N2O. The summed E-state index contributed by atoms with van der Waals surface area (Å²) in [5.41, 5.74) is 3.77. The average Bonchev–Trinajstić information content (AvgIpc) is 2.47. The third-order valence-corrected chi connectivity index (χ3v) is 3.43. The molecule has 0 aliphatic rings. The van der Waals surface area contributed by atoms with Gasteiger partial charge in [0.05, 0.1) is 6.61 Å². The highest BCUT2D eigenvalue weighted by atomic mass is 16.5. The van der Waals surface area contributed by atoms with Gasteiger partial charge < -0.3 is 10.1 Å². The quantitative estimate of drug-likeness (QED) is 0.870. The van der Waals surface area contributed by atoms with Crippen molar-refractivity contribution in [1.29, 1.82) is 0 Å². The summed E-state index contributed by atoms with van der Waals surface area (Å²) >= 11 is 0. The van der Waals surface area contributed by atoms with Crippen LogP contribution in [0.2, 0.25) is 0 Å². The van der Waals surface area contributed by atoms with Crippen molar-refractivity contribution in [1.82, 2.24) is 10.3 Å². The van der Waals surface area contributed by atoms with Crippen LogP contribution in [-0.2, 0) is 6.54 Å². The van der Waals surface area contributed by atoms with E-state index in [1.54, 1.807) is 0 Å². The maximum Gasteiger partial charge on any atom is 0.119 e. The molecule has 1 N–H and O–H groups in total. The SMILES string of the molecule is CCOc1ccc(C(C)NCc2ccncc2C)cc1. The van der Waals surface area contributed by atoms with E-state index >= 15 is 0 Å². The second-order valence-electron chi connectivity index (χ2n) is 4.91. The summed E-state index contributed by atoms with van der Waals surface area (Å²) in [6.45, 7) is 7.81. The van der Waals surface area contributed by atoms with E-state index in [1.165, 1.54) is 16.7 Å². The van der Waals surface area contributed by atoms with Crippen LogP contribution in [0, 0.1) is 6.92 Å². The molecule has 106 valence electrons. The van der Waals surface area contributed by atoms with E-state index < -0.39 is 0 Å². The topological polar surface area (TPSA) is 34.1 Å². The molecule has 0 spiro atoms. The number of aryl methyl sites for hydroxylation is 1. The fourth-order valence-electron chi connectivity index (χ4n) is 2.10. The van der Waals surface area contributed by atoms with Crippen LogP contribution in [-0.4, -0.2) is 11.6 Å². The fraction of sp³-hybridized carbons (Fsp3) is 0.353. The Hall–Kier alpha value is -1.87. The van der Waals surface area contributed by atoms with Gasteiger partial charge in [0.2, 0.25) is 0 Å². The van der Waals surface area contributed by atoms with Gasteiger partial charge in [-0.15, -0.1) is 0 Å². The van der Waals surface area contributed by atoms with Gasteiger partial charge in [0.1, 0.15) is 5.75 Å². The molecule has 0 aliphatic carbocycles. The Morgan fingerprint density at radius 2 is 1.95 bits per heavy atom. The minimum atomic E-state index is 0.304. The minimum absolute atomic E-state index is 0.304. The molecular weight excluding hydrogens is 248 g/mol. The third-order valence-electron chi connectivity index (χ3n) is 3.43. The summed E-state index contributed by atoms with van der Waals surface area (Å²) in [4.78, 5) is 4.12. The van der Waals surface area contributed by atoms with Crippen molar-refractivity contribution in [3.63, 3.8) is 0 Å². The van der Waals surface area contributed by atoms with Crippen LogP contribution in [0.1, 0.15) is 36.6 Å². The van der Waals surface area contributed by atoms with E-state index in [4.69, 9.17) is 4.74 Å². The lowest BCUT2D eigenvalue weighted by molar-refractivity contribution is 0.340. The van der Waals surface area contributed by atoms with Gasteiger partial charge in [0.25, 0.3) is 0 Å². The van der Waals surface area contributed by atoms with Crippen LogP contribution >= 0.6 is 0 Å². The Balaban J connectivity index is 1.94. The van der Waals surface area contributed by atoms with Crippen LogP contribution in [0.15, 0.2) is 42.7 Å². The van der Waals surface area contributed by atoms with E-state index in [2.05, 4.69) is 42.3 Å². The molecule has 0 radical (unpaired) electrons. The van der Waals surface area contributed by atoms with E-state index in [0.29, 0.717) is 12.6 Å². The normalized spacial score (nSPS) is 12.2. The van der Waals surface area contributed by atoms with Gasteiger partial charge in [-0.1, -0.05) is 12.1 Å². The summed E-state index contributed by atoms with van der Waals surface area (Å²) in [6.07, 6.45) is 3.74. The second-order valence-corrected chi connectivity index (χ2v) is 4.91. The van der Waals surface area contributed by atoms with Crippen LogP contribution in [0.25, 0.3) is 0 Å². The Bertz CT molecular complexity index is 537. The predicted molar refractivity (Wildman–Crippen MR) is 81.8 cm³/mol. The maximum absolute atomic E-state index is 5.46. The number of hydrogen-bond acceptors (Lipinski definition) is 3. The van der Waals surface area contributed by atoms with Crippen molar-refractivity contribution < 1.29 is 4.74 Å². The molecule has 3 heteroatoms. The molecule has 20 heavy (non-hydrogen) atoms.